The number of rotatable bonds is 13. The summed E-state index contributed by atoms with van der Waals surface area (Å²) in [6.07, 6.45) is 6.62. The van der Waals surface area contributed by atoms with Crippen LogP contribution in [0.15, 0.2) is 24.3 Å². The fourth-order valence-corrected chi connectivity index (χ4v) is 2.89. The van der Waals surface area contributed by atoms with Crippen LogP contribution in [0, 0.1) is 0 Å². The first-order valence-electron chi connectivity index (χ1n) is 10.3. The van der Waals surface area contributed by atoms with Gasteiger partial charge in [0.1, 0.15) is 31.2 Å². The first-order chi connectivity index (χ1) is 13.7. The van der Waals surface area contributed by atoms with Gasteiger partial charge in [0, 0.05) is 19.6 Å². The Morgan fingerprint density at radius 1 is 1.07 bits per heavy atom. The van der Waals surface area contributed by atoms with E-state index in [-0.39, 0.29) is 31.7 Å². The maximum atomic E-state index is 11.4. The Morgan fingerprint density at radius 3 is 2.61 bits per heavy atom. The quantitative estimate of drug-likeness (QED) is 0.289. The van der Waals surface area contributed by atoms with Crippen LogP contribution in [0.5, 0.6) is 5.75 Å². The third-order valence-corrected chi connectivity index (χ3v) is 4.58. The van der Waals surface area contributed by atoms with Crippen LogP contribution in [0.3, 0.4) is 0 Å². The highest BCUT2D eigenvalue weighted by atomic mass is 16.7. The maximum Gasteiger partial charge on any atom is 0.313 e. The minimum atomic E-state index is -0.496. The first-order valence-corrected chi connectivity index (χ1v) is 10.3. The van der Waals surface area contributed by atoms with Gasteiger partial charge in [-0.3, -0.25) is 9.59 Å². The molecule has 1 aromatic carbocycles. The fraction of sp³-hybridized carbons (Fsp3) is 0.636. The van der Waals surface area contributed by atoms with Crippen molar-refractivity contribution in [1.29, 1.82) is 0 Å². The van der Waals surface area contributed by atoms with Gasteiger partial charge in [0.25, 0.3) is 0 Å². The lowest BCUT2D eigenvalue weighted by molar-refractivity contribution is -0.162. The topological polar surface area (TPSA) is 71.1 Å². The third kappa shape index (κ3) is 9.33. The Morgan fingerprint density at radius 2 is 1.89 bits per heavy atom. The molecule has 6 heteroatoms. The SMILES string of the molecule is CCC(=O)CC(=O)OCCOc1ccc(CCCCOC2CCCCO2)cc1. The number of aryl methyl sites for hydroxylation is 1. The molecule has 6 nitrogen and oxygen atoms in total. The summed E-state index contributed by atoms with van der Waals surface area (Å²) < 4.78 is 21.8. The molecule has 0 aliphatic carbocycles. The van der Waals surface area contributed by atoms with E-state index in [0.717, 1.165) is 51.1 Å². The van der Waals surface area contributed by atoms with Crippen molar-refractivity contribution in [3.05, 3.63) is 29.8 Å². The van der Waals surface area contributed by atoms with Crippen molar-refractivity contribution in [3.63, 3.8) is 0 Å². The average molecular weight is 392 g/mol. The lowest BCUT2D eigenvalue weighted by Crippen LogP contribution is -2.22. The highest BCUT2D eigenvalue weighted by Crippen LogP contribution is 2.16. The van der Waals surface area contributed by atoms with Gasteiger partial charge in [-0.25, -0.2) is 0 Å². The first kappa shape index (κ1) is 22.4. The van der Waals surface area contributed by atoms with E-state index in [2.05, 4.69) is 0 Å². The van der Waals surface area contributed by atoms with Crippen LogP contribution in [0.4, 0.5) is 0 Å². The molecule has 1 heterocycles. The normalized spacial score (nSPS) is 16.5. The molecule has 0 bridgehead atoms. The lowest BCUT2D eigenvalue weighted by Gasteiger charge is -2.22. The minimum Gasteiger partial charge on any atom is -0.490 e. The predicted molar refractivity (Wildman–Crippen MR) is 105 cm³/mol. The molecule has 1 fully saturated rings. The van der Waals surface area contributed by atoms with Crippen LogP contribution in [-0.2, 0) is 30.2 Å². The number of carbonyl (C=O) groups excluding carboxylic acids is 2. The van der Waals surface area contributed by atoms with Crippen LogP contribution >= 0.6 is 0 Å². The molecule has 0 saturated carbocycles. The number of carbonyl (C=O) groups is 2. The van der Waals surface area contributed by atoms with Gasteiger partial charge in [-0.05, 0) is 56.2 Å². The molecule has 0 radical (unpaired) electrons. The highest BCUT2D eigenvalue weighted by Gasteiger charge is 2.13. The smallest absolute Gasteiger partial charge is 0.313 e. The largest absolute Gasteiger partial charge is 0.490 e. The standard InChI is InChI=1S/C22H32O6/c1-2-19(23)17-21(24)26-16-15-25-20-11-9-18(10-12-20)7-3-5-13-27-22-8-4-6-14-28-22/h9-12,22H,2-8,13-17H2,1H3. The van der Waals surface area contributed by atoms with E-state index < -0.39 is 5.97 Å². The second-order valence-corrected chi connectivity index (χ2v) is 6.91. The average Bonchev–Trinajstić information content (AvgIpc) is 2.72. The molecule has 1 aliphatic heterocycles. The van der Waals surface area contributed by atoms with Gasteiger partial charge in [-0.15, -0.1) is 0 Å². The van der Waals surface area contributed by atoms with Gasteiger partial charge in [0.2, 0.25) is 0 Å². The summed E-state index contributed by atoms with van der Waals surface area (Å²) in [4.78, 5) is 22.5. The van der Waals surface area contributed by atoms with Crippen LogP contribution in [0.25, 0.3) is 0 Å². The summed E-state index contributed by atoms with van der Waals surface area (Å²) >= 11 is 0. The zero-order valence-electron chi connectivity index (χ0n) is 16.8. The predicted octanol–water partition coefficient (Wildman–Crippen LogP) is 3.84. The summed E-state index contributed by atoms with van der Waals surface area (Å²) in [6, 6.07) is 7.94. The van der Waals surface area contributed by atoms with E-state index in [4.69, 9.17) is 18.9 Å². The molecule has 1 aliphatic rings. The van der Waals surface area contributed by atoms with Crippen molar-refractivity contribution >= 4 is 11.8 Å². The maximum absolute atomic E-state index is 11.4. The zero-order chi connectivity index (χ0) is 20.0. The van der Waals surface area contributed by atoms with Crippen molar-refractivity contribution < 1.29 is 28.5 Å². The van der Waals surface area contributed by atoms with Gasteiger partial charge < -0.3 is 18.9 Å². The van der Waals surface area contributed by atoms with E-state index in [9.17, 15) is 9.59 Å². The molecule has 0 amide bonds. The van der Waals surface area contributed by atoms with Crippen molar-refractivity contribution in [3.8, 4) is 5.75 Å². The van der Waals surface area contributed by atoms with E-state index in [1.165, 1.54) is 12.0 Å². The van der Waals surface area contributed by atoms with E-state index >= 15 is 0 Å². The Bertz CT molecular complexity index is 577. The lowest BCUT2D eigenvalue weighted by atomic mass is 10.1. The van der Waals surface area contributed by atoms with Crippen molar-refractivity contribution in [1.82, 2.24) is 0 Å². The number of ether oxygens (including phenoxy) is 4. The number of unbranched alkanes of at least 4 members (excludes halogenated alkanes) is 1. The summed E-state index contributed by atoms with van der Waals surface area (Å²) in [5.41, 5.74) is 1.26. The van der Waals surface area contributed by atoms with Gasteiger partial charge >= 0.3 is 5.97 Å². The van der Waals surface area contributed by atoms with Crippen LogP contribution < -0.4 is 4.74 Å². The molecule has 1 aromatic rings. The monoisotopic (exact) mass is 392 g/mol. The van der Waals surface area contributed by atoms with E-state index in [1.807, 2.05) is 24.3 Å². The number of benzene rings is 1. The Hall–Kier alpha value is -1.92. The van der Waals surface area contributed by atoms with Gasteiger partial charge in [0.15, 0.2) is 6.29 Å². The molecule has 1 unspecified atom stereocenters. The Balaban J connectivity index is 1.52. The Labute approximate surface area is 167 Å². The molecule has 0 aromatic heterocycles. The molecule has 156 valence electrons. The van der Waals surface area contributed by atoms with Crippen molar-refractivity contribution in [2.24, 2.45) is 0 Å². The Kier molecular flexibility index (Phi) is 10.6. The number of Topliss-reactive ketones (excluding diaryl/α,β-unsaturated/α-hetero) is 1. The molecule has 28 heavy (non-hydrogen) atoms. The minimum absolute atomic E-state index is 0.00316. The van der Waals surface area contributed by atoms with Crippen molar-refractivity contribution in [2.45, 2.75) is 64.6 Å². The molecule has 1 saturated heterocycles. The number of ketones is 1. The number of esters is 1. The van der Waals surface area contributed by atoms with E-state index in [0.29, 0.717) is 6.42 Å². The van der Waals surface area contributed by atoms with Gasteiger partial charge in [0.05, 0.1) is 0 Å². The van der Waals surface area contributed by atoms with Crippen LogP contribution in [-0.4, -0.2) is 44.5 Å². The van der Waals surface area contributed by atoms with Gasteiger partial charge in [-0.1, -0.05) is 19.1 Å². The summed E-state index contributed by atoms with van der Waals surface area (Å²) in [7, 11) is 0. The fourth-order valence-electron chi connectivity index (χ4n) is 2.89. The second kappa shape index (κ2) is 13.3. The van der Waals surface area contributed by atoms with E-state index in [1.54, 1.807) is 6.92 Å². The molecule has 1 atom stereocenters. The summed E-state index contributed by atoms with van der Waals surface area (Å²) in [5.74, 6) is 0.127. The molecule has 2 rings (SSSR count). The molecular formula is C22H32O6. The zero-order valence-corrected chi connectivity index (χ0v) is 16.8. The number of hydrogen-bond donors (Lipinski definition) is 0. The molecular weight excluding hydrogens is 360 g/mol. The molecule has 0 N–H and O–H groups in total. The van der Waals surface area contributed by atoms with Gasteiger partial charge in [-0.2, -0.15) is 0 Å². The third-order valence-electron chi connectivity index (χ3n) is 4.58. The summed E-state index contributed by atoms with van der Waals surface area (Å²) in [5, 5.41) is 0. The highest BCUT2D eigenvalue weighted by molar-refractivity contribution is 5.95. The molecule has 0 spiro atoms. The second-order valence-electron chi connectivity index (χ2n) is 6.91. The van der Waals surface area contributed by atoms with Crippen LogP contribution in [0.1, 0.15) is 57.4 Å². The number of hydrogen-bond acceptors (Lipinski definition) is 6. The summed E-state index contributed by atoms with van der Waals surface area (Å²) in [6.45, 7) is 3.70. The van der Waals surface area contributed by atoms with Crippen LogP contribution in [0.2, 0.25) is 0 Å². The van der Waals surface area contributed by atoms with Crippen molar-refractivity contribution in [2.75, 3.05) is 26.4 Å².